The molecule has 146 valence electrons. The van der Waals surface area contributed by atoms with Crippen molar-refractivity contribution < 1.29 is 14.3 Å². The van der Waals surface area contributed by atoms with Crippen LogP contribution in [0.3, 0.4) is 0 Å². The SMILES string of the molecule is CC(C)SC(NC(=O)OCc1ccccc1)C(=O)Nc1ccc2ncsc2c1. The predicted molar refractivity (Wildman–Crippen MR) is 115 cm³/mol. The van der Waals surface area contributed by atoms with Crippen molar-refractivity contribution in [2.45, 2.75) is 31.1 Å². The summed E-state index contributed by atoms with van der Waals surface area (Å²) in [6.07, 6.45) is -0.630. The molecule has 0 aliphatic carbocycles. The second-order valence-electron chi connectivity index (χ2n) is 6.30. The van der Waals surface area contributed by atoms with Gasteiger partial charge < -0.3 is 15.4 Å². The lowest BCUT2D eigenvalue weighted by Crippen LogP contribution is -2.42. The molecule has 0 fully saturated rings. The van der Waals surface area contributed by atoms with Crippen molar-refractivity contribution in [3.8, 4) is 0 Å². The standard InChI is InChI=1S/C20H21N3O3S2/c1-13(2)28-19(23-20(25)26-11-14-6-4-3-5-7-14)18(24)22-15-8-9-16-17(10-15)27-12-21-16/h3-10,12-13,19H,11H2,1-2H3,(H,22,24)(H,23,25). The number of thioether (sulfide) groups is 1. The van der Waals surface area contributed by atoms with E-state index in [4.69, 9.17) is 4.74 Å². The van der Waals surface area contributed by atoms with Crippen LogP contribution in [0.4, 0.5) is 10.5 Å². The van der Waals surface area contributed by atoms with Gasteiger partial charge in [-0.2, -0.15) is 0 Å². The number of carbonyl (C=O) groups is 2. The molecular formula is C20H21N3O3S2. The van der Waals surface area contributed by atoms with E-state index < -0.39 is 11.5 Å². The highest BCUT2D eigenvalue weighted by Crippen LogP contribution is 2.23. The second-order valence-corrected chi connectivity index (χ2v) is 8.87. The Morgan fingerprint density at radius 1 is 1.18 bits per heavy atom. The third kappa shape index (κ3) is 5.71. The van der Waals surface area contributed by atoms with Crippen LogP contribution in [-0.4, -0.2) is 27.6 Å². The van der Waals surface area contributed by atoms with Crippen molar-refractivity contribution in [1.82, 2.24) is 10.3 Å². The molecule has 8 heteroatoms. The molecule has 0 saturated carbocycles. The quantitative estimate of drug-likeness (QED) is 0.550. The molecule has 2 aromatic carbocycles. The van der Waals surface area contributed by atoms with E-state index in [1.54, 1.807) is 11.6 Å². The number of ether oxygens (including phenoxy) is 1. The summed E-state index contributed by atoms with van der Waals surface area (Å²) in [7, 11) is 0. The first kappa shape index (κ1) is 20.2. The topological polar surface area (TPSA) is 80.3 Å². The minimum atomic E-state index is -0.763. The van der Waals surface area contributed by atoms with Gasteiger partial charge in [0.05, 0.1) is 15.7 Å². The van der Waals surface area contributed by atoms with Crippen molar-refractivity contribution in [2.75, 3.05) is 5.32 Å². The molecule has 1 unspecified atom stereocenters. The molecule has 2 N–H and O–H groups in total. The molecule has 1 aromatic heterocycles. The Hall–Kier alpha value is -2.58. The van der Waals surface area contributed by atoms with Gasteiger partial charge in [-0.15, -0.1) is 23.1 Å². The zero-order chi connectivity index (χ0) is 19.9. The molecule has 0 bridgehead atoms. The van der Waals surface area contributed by atoms with E-state index in [-0.39, 0.29) is 17.8 Å². The number of anilines is 1. The van der Waals surface area contributed by atoms with Gasteiger partial charge in [-0.3, -0.25) is 4.79 Å². The third-order valence-electron chi connectivity index (χ3n) is 3.71. The normalized spacial score (nSPS) is 12.0. The number of alkyl carbamates (subject to hydrolysis) is 1. The van der Waals surface area contributed by atoms with Gasteiger partial charge in [-0.05, 0) is 23.8 Å². The highest BCUT2D eigenvalue weighted by Gasteiger charge is 2.23. The summed E-state index contributed by atoms with van der Waals surface area (Å²) in [4.78, 5) is 29.1. The van der Waals surface area contributed by atoms with Gasteiger partial charge in [0, 0.05) is 10.9 Å². The molecule has 3 rings (SSSR count). The lowest BCUT2D eigenvalue weighted by Gasteiger charge is -2.19. The van der Waals surface area contributed by atoms with Crippen molar-refractivity contribution in [3.05, 3.63) is 59.6 Å². The van der Waals surface area contributed by atoms with Gasteiger partial charge in [-0.1, -0.05) is 44.2 Å². The molecule has 0 saturated heterocycles. The number of benzene rings is 2. The Kier molecular flexibility index (Phi) is 6.89. The smallest absolute Gasteiger partial charge is 0.408 e. The molecule has 6 nitrogen and oxygen atoms in total. The maximum atomic E-state index is 12.7. The molecule has 2 amide bonds. The predicted octanol–water partition coefficient (Wildman–Crippen LogP) is 4.63. The van der Waals surface area contributed by atoms with E-state index in [0.717, 1.165) is 15.8 Å². The number of aromatic nitrogens is 1. The van der Waals surface area contributed by atoms with Gasteiger partial charge in [0.1, 0.15) is 6.61 Å². The fourth-order valence-electron chi connectivity index (χ4n) is 2.45. The Morgan fingerprint density at radius 2 is 1.96 bits per heavy atom. The first-order valence-electron chi connectivity index (χ1n) is 8.78. The minimum absolute atomic E-state index is 0.147. The zero-order valence-corrected chi connectivity index (χ0v) is 17.2. The maximum Gasteiger partial charge on any atom is 0.408 e. The number of carbonyl (C=O) groups excluding carboxylic acids is 2. The lowest BCUT2D eigenvalue weighted by molar-refractivity contribution is -0.116. The van der Waals surface area contributed by atoms with Crippen LogP contribution >= 0.6 is 23.1 Å². The maximum absolute atomic E-state index is 12.7. The van der Waals surface area contributed by atoms with Crippen LogP contribution in [0.5, 0.6) is 0 Å². The fourth-order valence-corrected chi connectivity index (χ4v) is 4.05. The van der Waals surface area contributed by atoms with Crippen LogP contribution < -0.4 is 10.6 Å². The molecule has 0 aliphatic heterocycles. The zero-order valence-electron chi connectivity index (χ0n) is 15.5. The highest BCUT2D eigenvalue weighted by atomic mass is 32.2. The van der Waals surface area contributed by atoms with Gasteiger partial charge in [0.15, 0.2) is 5.37 Å². The summed E-state index contributed by atoms with van der Waals surface area (Å²) in [5.74, 6) is -0.306. The van der Waals surface area contributed by atoms with Crippen LogP contribution in [0.25, 0.3) is 10.2 Å². The average molecular weight is 416 g/mol. The van der Waals surface area contributed by atoms with Crippen LogP contribution in [0.2, 0.25) is 0 Å². The highest BCUT2D eigenvalue weighted by molar-refractivity contribution is 8.01. The second kappa shape index (κ2) is 9.57. The Labute approximate surface area is 171 Å². The van der Waals surface area contributed by atoms with E-state index in [1.807, 2.05) is 56.3 Å². The Bertz CT molecular complexity index is 944. The summed E-state index contributed by atoms with van der Waals surface area (Å²) < 4.78 is 6.22. The first-order valence-corrected chi connectivity index (χ1v) is 10.6. The first-order chi connectivity index (χ1) is 13.5. The van der Waals surface area contributed by atoms with E-state index in [1.165, 1.54) is 23.1 Å². The average Bonchev–Trinajstić information content (AvgIpc) is 3.14. The summed E-state index contributed by atoms with van der Waals surface area (Å²) in [5, 5.41) is 4.89. The molecule has 3 aromatic rings. The van der Waals surface area contributed by atoms with Gasteiger partial charge in [-0.25, -0.2) is 9.78 Å². The van der Waals surface area contributed by atoms with E-state index >= 15 is 0 Å². The van der Waals surface area contributed by atoms with Crippen molar-refractivity contribution >= 4 is 51.0 Å². The molecule has 28 heavy (non-hydrogen) atoms. The monoisotopic (exact) mass is 415 g/mol. The number of rotatable bonds is 7. The van der Waals surface area contributed by atoms with Crippen LogP contribution in [0.15, 0.2) is 54.0 Å². The van der Waals surface area contributed by atoms with Crippen LogP contribution in [0.1, 0.15) is 19.4 Å². The fraction of sp³-hybridized carbons (Fsp3) is 0.250. The molecule has 0 radical (unpaired) electrons. The Morgan fingerprint density at radius 3 is 2.71 bits per heavy atom. The van der Waals surface area contributed by atoms with Gasteiger partial charge in [0.25, 0.3) is 5.91 Å². The van der Waals surface area contributed by atoms with Crippen molar-refractivity contribution in [2.24, 2.45) is 0 Å². The third-order valence-corrected chi connectivity index (χ3v) is 5.65. The number of amides is 2. The molecule has 1 atom stereocenters. The lowest BCUT2D eigenvalue weighted by atomic mass is 10.2. The van der Waals surface area contributed by atoms with E-state index in [9.17, 15) is 9.59 Å². The number of fused-ring (bicyclic) bond motifs is 1. The summed E-state index contributed by atoms with van der Waals surface area (Å²) in [6.45, 7) is 4.08. The Balaban J connectivity index is 1.61. The molecule has 0 spiro atoms. The summed E-state index contributed by atoms with van der Waals surface area (Å²) in [6, 6.07) is 14.9. The summed E-state index contributed by atoms with van der Waals surface area (Å²) >= 11 is 2.85. The number of hydrogen-bond acceptors (Lipinski definition) is 6. The molecular weight excluding hydrogens is 394 g/mol. The number of nitrogens with one attached hydrogen (secondary N) is 2. The number of nitrogens with zero attached hydrogens (tertiary/aromatic N) is 1. The van der Waals surface area contributed by atoms with E-state index in [2.05, 4.69) is 15.6 Å². The number of thiazole rings is 1. The van der Waals surface area contributed by atoms with Crippen molar-refractivity contribution in [3.63, 3.8) is 0 Å². The van der Waals surface area contributed by atoms with Crippen molar-refractivity contribution in [1.29, 1.82) is 0 Å². The van der Waals surface area contributed by atoms with Gasteiger partial charge in [0.2, 0.25) is 0 Å². The minimum Gasteiger partial charge on any atom is -0.445 e. The summed E-state index contributed by atoms with van der Waals surface area (Å²) in [5.41, 5.74) is 4.19. The van der Waals surface area contributed by atoms with E-state index in [0.29, 0.717) is 5.69 Å². The largest absolute Gasteiger partial charge is 0.445 e. The van der Waals surface area contributed by atoms with Gasteiger partial charge >= 0.3 is 6.09 Å². The van der Waals surface area contributed by atoms with Crippen LogP contribution in [0, 0.1) is 0 Å². The number of hydrogen-bond donors (Lipinski definition) is 2. The molecule has 0 aliphatic rings. The molecule has 1 heterocycles. The van der Waals surface area contributed by atoms with Crippen LogP contribution in [-0.2, 0) is 16.1 Å².